The molecule has 2 nitrogen and oxygen atoms in total. The molecule has 0 saturated heterocycles. The molecule has 0 amide bonds. The number of nitrogens with zero attached hydrogens (tertiary/aromatic N) is 2. The number of hydrogen-bond donors (Lipinski definition) is 0. The number of hydrogen-bond acceptors (Lipinski definition) is 2. The van der Waals surface area contributed by atoms with Crippen LogP contribution in [0.1, 0.15) is 28.7 Å². The minimum absolute atomic E-state index is 0.415. The summed E-state index contributed by atoms with van der Waals surface area (Å²) in [4.78, 5) is 10.5. The smallest absolute Gasteiger partial charge is 0.0974 e. The molecule has 0 radical (unpaired) electrons. The monoisotopic (exact) mass is 510 g/mol. The Labute approximate surface area is 226 Å². The lowest BCUT2D eigenvalue weighted by Gasteiger charge is -2.18. The summed E-state index contributed by atoms with van der Waals surface area (Å²) in [6.07, 6.45) is 2.14. The first kappa shape index (κ1) is 24.5. The summed E-state index contributed by atoms with van der Waals surface area (Å²) in [5, 5.41) is 5.37. The Morgan fingerprint density at radius 3 is 1.74 bits per heavy atom. The van der Waals surface area contributed by atoms with Gasteiger partial charge in [0.05, 0.1) is 17.1 Å². The predicted octanol–water partition coefficient (Wildman–Crippen LogP) is 7.90. The highest BCUT2D eigenvalue weighted by atomic mass is 31.1. The molecule has 6 rings (SSSR count). The highest BCUT2D eigenvalue weighted by Crippen LogP contribution is 2.36. The predicted molar refractivity (Wildman–Crippen MR) is 166 cm³/mol. The van der Waals surface area contributed by atoms with Crippen LogP contribution in [0.15, 0.2) is 125 Å². The molecule has 0 fully saturated rings. The van der Waals surface area contributed by atoms with Gasteiger partial charge in [-0.25, -0.2) is 4.99 Å². The van der Waals surface area contributed by atoms with Gasteiger partial charge in [0, 0.05) is 23.1 Å². The van der Waals surface area contributed by atoms with E-state index in [4.69, 9.17) is 9.98 Å². The molecule has 1 aliphatic rings. The molecule has 0 spiro atoms. The van der Waals surface area contributed by atoms with Crippen LogP contribution in [0.3, 0.4) is 0 Å². The van der Waals surface area contributed by atoms with Gasteiger partial charge in [0.15, 0.2) is 0 Å². The molecule has 0 atom stereocenters. The standard InChI is InChI=1S/C35H31N2P/c1-25-13-9-14-26(2)33(25)37-35-31-22-11-16-27-15-10-21-30(32(27)31)34(35)36-23-12-24-38(28-17-5-3-6-18-28)29-19-7-4-8-20-29/h3-11,13-22H,12,23-24H2,1-2H3/b36-34+,37-35+. The van der Waals surface area contributed by atoms with Gasteiger partial charge in [-0.05, 0) is 61.5 Å². The fraction of sp³-hybridized carbons (Fsp3) is 0.143. The molecule has 0 saturated carbocycles. The number of para-hydroxylation sites is 1. The van der Waals surface area contributed by atoms with Crippen LogP contribution in [-0.2, 0) is 0 Å². The average molecular weight is 511 g/mol. The summed E-state index contributed by atoms with van der Waals surface area (Å²) in [5.74, 6) is 0. The second kappa shape index (κ2) is 10.9. The molecule has 38 heavy (non-hydrogen) atoms. The Bertz CT molecular complexity index is 1590. The number of benzene rings is 5. The van der Waals surface area contributed by atoms with E-state index in [9.17, 15) is 0 Å². The summed E-state index contributed by atoms with van der Waals surface area (Å²) in [6.45, 7) is 5.06. The Morgan fingerprint density at radius 1 is 0.579 bits per heavy atom. The molecule has 5 aromatic carbocycles. The number of rotatable bonds is 7. The number of aliphatic imine (C=N–C) groups is 2. The zero-order chi connectivity index (χ0) is 25.9. The van der Waals surface area contributed by atoms with E-state index in [1.54, 1.807) is 0 Å². The second-order valence-electron chi connectivity index (χ2n) is 9.82. The van der Waals surface area contributed by atoms with Gasteiger partial charge in [-0.1, -0.05) is 115 Å². The Kier molecular flexibility index (Phi) is 6.99. The Morgan fingerprint density at radius 2 is 1.13 bits per heavy atom. The third-order valence-corrected chi connectivity index (χ3v) is 9.85. The van der Waals surface area contributed by atoms with Gasteiger partial charge in [-0.3, -0.25) is 4.99 Å². The van der Waals surface area contributed by atoms with Gasteiger partial charge in [-0.2, -0.15) is 0 Å². The van der Waals surface area contributed by atoms with Crippen molar-refractivity contribution in [2.75, 3.05) is 12.7 Å². The summed E-state index contributed by atoms with van der Waals surface area (Å²) in [6, 6.07) is 41.3. The summed E-state index contributed by atoms with van der Waals surface area (Å²) in [7, 11) is -0.415. The van der Waals surface area contributed by atoms with Crippen molar-refractivity contribution in [2.45, 2.75) is 20.3 Å². The van der Waals surface area contributed by atoms with Crippen LogP contribution in [0.5, 0.6) is 0 Å². The van der Waals surface area contributed by atoms with Crippen LogP contribution in [0.2, 0.25) is 0 Å². The molecular weight excluding hydrogens is 479 g/mol. The van der Waals surface area contributed by atoms with E-state index in [-0.39, 0.29) is 0 Å². The van der Waals surface area contributed by atoms with Crippen LogP contribution in [0.25, 0.3) is 10.8 Å². The van der Waals surface area contributed by atoms with Crippen molar-refractivity contribution < 1.29 is 0 Å². The van der Waals surface area contributed by atoms with E-state index in [0.717, 1.165) is 36.2 Å². The maximum atomic E-state index is 5.28. The fourth-order valence-corrected chi connectivity index (χ4v) is 7.74. The van der Waals surface area contributed by atoms with Crippen LogP contribution in [-0.4, -0.2) is 24.1 Å². The van der Waals surface area contributed by atoms with Crippen molar-refractivity contribution >= 4 is 46.4 Å². The Balaban J connectivity index is 1.34. The first-order valence-electron chi connectivity index (χ1n) is 13.3. The lowest BCUT2D eigenvalue weighted by Crippen LogP contribution is -2.15. The maximum absolute atomic E-state index is 5.28. The second-order valence-corrected chi connectivity index (χ2v) is 12.2. The van der Waals surface area contributed by atoms with Gasteiger partial charge in [0.25, 0.3) is 0 Å². The van der Waals surface area contributed by atoms with E-state index < -0.39 is 7.92 Å². The van der Waals surface area contributed by atoms with E-state index >= 15 is 0 Å². The van der Waals surface area contributed by atoms with Gasteiger partial charge >= 0.3 is 0 Å². The van der Waals surface area contributed by atoms with Crippen LogP contribution in [0, 0.1) is 13.8 Å². The van der Waals surface area contributed by atoms with E-state index in [1.807, 2.05) is 0 Å². The topological polar surface area (TPSA) is 24.7 Å². The van der Waals surface area contributed by atoms with Gasteiger partial charge < -0.3 is 0 Å². The normalized spacial score (nSPS) is 14.7. The fourth-order valence-electron chi connectivity index (χ4n) is 5.40. The largest absolute Gasteiger partial charge is 0.282 e. The van der Waals surface area contributed by atoms with Crippen molar-refractivity contribution in [3.63, 3.8) is 0 Å². The lowest BCUT2D eigenvalue weighted by atomic mass is 10.1. The molecule has 0 unspecified atom stereocenters. The molecule has 5 aromatic rings. The van der Waals surface area contributed by atoms with Crippen molar-refractivity contribution in [3.05, 3.63) is 138 Å². The van der Waals surface area contributed by atoms with E-state index in [2.05, 4.69) is 129 Å². The van der Waals surface area contributed by atoms with Crippen molar-refractivity contribution in [3.8, 4) is 0 Å². The van der Waals surface area contributed by atoms with Crippen LogP contribution in [0.4, 0.5) is 5.69 Å². The molecule has 0 aliphatic heterocycles. The summed E-state index contributed by atoms with van der Waals surface area (Å²) < 4.78 is 0. The third kappa shape index (κ3) is 4.73. The summed E-state index contributed by atoms with van der Waals surface area (Å²) >= 11 is 0. The molecule has 0 N–H and O–H groups in total. The summed E-state index contributed by atoms with van der Waals surface area (Å²) in [5.41, 5.74) is 7.86. The first-order chi connectivity index (χ1) is 18.7. The SMILES string of the molecule is Cc1cccc(C)c1/N=C1/C(=N/CCCP(c2ccccc2)c2ccccc2)c2cccc3cccc1c23. The Hall–Kier alpha value is -3.87. The molecule has 1 aliphatic carbocycles. The zero-order valence-corrected chi connectivity index (χ0v) is 22.8. The van der Waals surface area contributed by atoms with Gasteiger partial charge in [0.2, 0.25) is 0 Å². The molecule has 3 heteroatoms. The van der Waals surface area contributed by atoms with Crippen LogP contribution >= 0.6 is 7.92 Å². The van der Waals surface area contributed by atoms with E-state index in [0.29, 0.717) is 0 Å². The number of aryl methyl sites for hydroxylation is 2. The molecule has 0 heterocycles. The van der Waals surface area contributed by atoms with Gasteiger partial charge in [0.1, 0.15) is 0 Å². The van der Waals surface area contributed by atoms with Crippen LogP contribution < -0.4 is 10.6 Å². The lowest BCUT2D eigenvalue weighted by molar-refractivity contribution is 0.943. The maximum Gasteiger partial charge on any atom is 0.0974 e. The average Bonchev–Trinajstić information content (AvgIpc) is 3.25. The first-order valence-corrected chi connectivity index (χ1v) is 14.8. The molecular formula is C35H31N2P. The quantitative estimate of drug-likeness (QED) is 0.157. The third-order valence-electron chi connectivity index (χ3n) is 7.25. The minimum atomic E-state index is -0.415. The van der Waals surface area contributed by atoms with Crippen molar-refractivity contribution in [1.29, 1.82) is 0 Å². The molecule has 186 valence electrons. The van der Waals surface area contributed by atoms with Gasteiger partial charge in [-0.15, -0.1) is 0 Å². The molecule has 0 aromatic heterocycles. The minimum Gasteiger partial charge on any atom is -0.282 e. The highest BCUT2D eigenvalue weighted by molar-refractivity contribution is 7.73. The van der Waals surface area contributed by atoms with E-state index in [1.165, 1.54) is 43.6 Å². The zero-order valence-electron chi connectivity index (χ0n) is 21.9. The molecule has 0 bridgehead atoms. The highest BCUT2D eigenvalue weighted by Gasteiger charge is 2.27. The van der Waals surface area contributed by atoms with Crippen molar-refractivity contribution in [1.82, 2.24) is 0 Å². The van der Waals surface area contributed by atoms with Crippen molar-refractivity contribution in [2.24, 2.45) is 9.98 Å².